The highest BCUT2D eigenvalue weighted by atomic mass is 35.5. The molecular weight excluding hydrogens is 332 g/mol. The van der Waals surface area contributed by atoms with Crippen LogP contribution in [-0.4, -0.2) is 40.5 Å². The third-order valence-corrected chi connectivity index (χ3v) is 5.33. The Bertz CT molecular complexity index is 681. The van der Waals surface area contributed by atoms with Gasteiger partial charge in [0.2, 0.25) is 0 Å². The van der Waals surface area contributed by atoms with Crippen molar-refractivity contribution in [1.29, 1.82) is 0 Å². The molecule has 0 unspecified atom stereocenters. The van der Waals surface area contributed by atoms with Crippen LogP contribution in [0.25, 0.3) is 9.88 Å². The fourth-order valence-corrected chi connectivity index (χ4v) is 3.83. The zero-order chi connectivity index (χ0) is 15.6. The molecule has 0 bridgehead atoms. The van der Waals surface area contributed by atoms with Crippen molar-refractivity contribution >= 4 is 46.2 Å². The summed E-state index contributed by atoms with van der Waals surface area (Å²) in [6.45, 7) is 1.94. The van der Waals surface area contributed by atoms with E-state index in [9.17, 15) is 9.59 Å². The lowest BCUT2D eigenvalue weighted by atomic mass is 10.3. The molecule has 2 aromatic rings. The van der Waals surface area contributed by atoms with Crippen LogP contribution < -0.4 is 0 Å². The number of hydrogen-bond donors (Lipinski definition) is 1. The van der Waals surface area contributed by atoms with Crippen LogP contribution in [0.5, 0.6) is 0 Å². The largest absolute Gasteiger partial charge is 0.481 e. The van der Waals surface area contributed by atoms with Crippen molar-refractivity contribution in [3.05, 3.63) is 27.0 Å². The molecule has 0 aliphatic heterocycles. The van der Waals surface area contributed by atoms with E-state index >= 15 is 0 Å². The summed E-state index contributed by atoms with van der Waals surface area (Å²) in [5.41, 5.74) is 0.645. The van der Waals surface area contributed by atoms with E-state index in [0.29, 0.717) is 14.9 Å². The maximum absolute atomic E-state index is 12.3. The van der Waals surface area contributed by atoms with Gasteiger partial charge in [-0.05, 0) is 19.1 Å². The van der Waals surface area contributed by atoms with Crippen molar-refractivity contribution < 1.29 is 14.7 Å². The Kier molecular flexibility index (Phi) is 4.97. The summed E-state index contributed by atoms with van der Waals surface area (Å²) in [6.07, 6.45) is -0.0759. The predicted octanol–water partition coefficient (Wildman–Crippen LogP) is 3.38. The van der Waals surface area contributed by atoms with Gasteiger partial charge in [0.25, 0.3) is 5.91 Å². The molecule has 0 atom stereocenters. The lowest BCUT2D eigenvalue weighted by Gasteiger charge is -2.14. The molecule has 112 valence electrons. The van der Waals surface area contributed by atoms with Gasteiger partial charge >= 0.3 is 5.97 Å². The number of aliphatic carboxylic acids is 1. The fourth-order valence-electron chi connectivity index (χ4n) is 1.67. The third kappa shape index (κ3) is 3.81. The maximum atomic E-state index is 12.3. The van der Waals surface area contributed by atoms with E-state index < -0.39 is 5.97 Å². The number of aryl methyl sites for hydroxylation is 1. The molecule has 0 aliphatic rings. The first-order chi connectivity index (χ1) is 9.88. The summed E-state index contributed by atoms with van der Waals surface area (Å²) in [4.78, 5) is 30.1. The molecule has 0 aromatic carbocycles. The Morgan fingerprint density at radius 2 is 2.10 bits per heavy atom. The number of hydrogen-bond acceptors (Lipinski definition) is 5. The smallest absolute Gasteiger partial charge is 0.305 e. The highest BCUT2D eigenvalue weighted by molar-refractivity contribution is 7.24. The van der Waals surface area contributed by atoms with Crippen molar-refractivity contribution in [3.63, 3.8) is 0 Å². The summed E-state index contributed by atoms with van der Waals surface area (Å²) in [6, 6.07) is 3.66. The number of aromatic nitrogens is 1. The van der Waals surface area contributed by atoms with Gasteiger partial charge in [-0.2, -0.15) is 0 Å². The van der Waals surface area contributed by atoms with Crippen LogP contribution >= 0.6 is 34.3 Å². The molecule has 1 amide bonds. The molecule has 2 aromatic heterocycles. The monoisotopic (exact) mass is 344 g/mol. The van der Waals surface area contributed by atoms with E-state index in [0.717, 1.165) is 9.88 Å². The number of thiazole rings is 1. The number of carbonyl (C=O) groups is 2. The van der Waals surface area contributed by atoms with Gasteiger partial charge in [-0.1, -0.05) is 11.6 Å². The zero-order valence-corrected chi connectivity index (χ0v) is 13.8. The molecule has 2 heterocycles. The summed E-state index contributed by atoms with van der Waals surface area (Å²) >= 11 is 8.61. The van der Waals surface area contributed by atoms with Gasteiger partial charge in [0.05, 0.1) is 21.3 Å². The normalized spacial score (nSPS) is 10.6. The van der Waals surface area contributed by atoms with Crippen molar-refractivity contribution in [1.82, 2.24) is 9.88 Å². The molecule has 21 heavy (non-hydrogen) atoms. The minimum atomic E-state index is -0.926. The van der Waals surface area contributed by atoms with Crippen LogP contribution in [0, 0.1) is 6.92 Å². The first kappa shape index (κ1) is 15.9. The van der Waals surface area contributed by atoms with Crippen molar-refractivity contribution in [2.75, 3.05) is 13.6 Å². The summed E-state index contributed by atoms with van der Waals surface area (Å²) < 4.78 is 0.671. The maximum Gasteiger partial charge on any atom is 0.305 e. The Labute approximate surface area is 134 Å². The SMILES string of the molecule is Cc1nc(-c2ccc(Cl)s2)sc1C(=O)N(C)CCC(=O)O. The molecule has 8 heteroatoms. The van der Waals surface area contributed by atoms with Gasteiger partial charge in [0.15, 0.2) is 0 Å². The van der Waals surface area contributed by atoms with Gasteiger partial charge in [-0.3, -0.25) is 9.59 Å². The van der Waals surface area contributed by atoms with E-state index in [2.05, 4.69) is 4.98 Å². The summed E-state index contributed by atoms with van der Waals surface area (Å²) in [5.74, 6) is -1.13. The molecule has 0 fully saturated rings. The van der Waals surface area contributed by atoms with E-state index in [1.165, 1.54) is 27.6 Å². The molecule has 5 nitrogen and oxygen atoms in total. The fraction of sp³-hybridized carbons (Fsp3) is 0.308. The molecule has 0 saturated carbocycles. The first-order valence-corrected chi connectivity index (χ1v) is 8.10. The number of thiophene rings is 1. The summed E-state index contributed by atoms with van der Waals surface area (Å²) in [7, 11) is 1.59. The average Bonchev–Trinajstić information content (AvgIpc) is 3.01. The zero-order valence-electron chi connectivity index (χ0n) is 11.4. The first-order valence-electron chi connectivity index (χ1n) is 6.09. The third-order valence-electron chi connectivity index (χ3n) is 2.78. The number of carboxylic acids is 1. The number of carbonyl (C=O) groups excluding carboxylic acids is 1. The van der Waals surface area contributed by atoms with Crippen LogP contribution in [0.3, 0.4) is 0 Å². The van der Waals surface area contributed by atoms with Crippen LogP contribution in [0.15, 0.2) is 12.1 Å². The van der Waals surface area contributed by atoms with E-state index in [1.54, 1.807) is 20.0 Å². The number of carboxylic acid groups (broad SMARTS) is 1. The van der Waals surface area contributed by atoms with E-state index in [4.69, 9.17) is 16.7 Å². The van der Waals surface area contributed by atoms with E-state index in [1.807, 2.05) is 6.07 Å². The Morgan fingerprint density at radius 3 is 2.67 bits per heavy atom. The number of rotatable bonds is 5. The van der Waals surface area contributed by atoms with Crippen LogP contribution in [0.1, 0.15) is 21.8 Å². The molecular formula is C13H13ClN2O3S2. The quantitative estimate of drug-likeness (QED) is 0.902. The Hall–Kier alpha value is -1.44. The Morgan fingerprint density at radius 1 is 1.38 bits per heavy atom. The predicted molar refractivity (Wildman–Crippen MR) is 84.4 cm³/mol. The van der Waals surface area contributed by atoms with Gasteiger partial charge in [0.1, 0.15) is 9.88 Å². The van der Waals surface area contributed by atoms with Crippen LogP contribution in [0.2, 0.25) is 4.34 Å². The number of amides is 1. The van der Waals surface area contributed by atoms with Gasteiger partial charge in [0, 0.05) is 13.6 Å². The molecule has 0 spiro atoms. The molecule has 0 saturated heterocycles. The lowest BCUT2D eigenvalue weighted by Crippen LogP contribution is -2.28. The van der Waals surface area contributed by atoms with Gasteiger partial charge in [-0.25, -0.2) is 4.98 Å². The lowest BCUT2D eigenvalue weighted by molar-refractivity contribution is -0.137. The van der Waals surface area contributed by atoms with Crippen molar-refractivity contribution in [2.24, 2.45) is 0 Å². The second kappa shape index (κ2) is 6.55. The minimum absolute atomic E-state index is 0.0759. The van der Waals surface area contributed by atoms with Crippen molar-refractivity contribution in [2.45, 2.75) is 13.3 Å². The van der Waals surface area contributed by atoms with Gasteiger partial charge in [-0.15, -0.1) is 22.7 Å². The second-order valence-corrected chi connectivity index (χ2v) is 7.12. The average molecular weight is 345 g/mol. The van der Waals surface area contributed by atoms with E-state index in [-0.39, 0.29) is 18.9 Å². The minimum Gasteiger partial charge on any atom is -0.481 e. The van der Waals surface area contributed by atoms with Crippen LogP contribution in [0.4, 0.5) is 0 Å². The topological polar surface area (TPSA) is 70.5 Å². The molecule has 0 aliphatic carbocycles. The highest BCUT2D eigenvalue weighted by Crippen LogP contribution is 2.35. The molecule has 1 N–H and O–H groups in total. The number of halogens is 1. The van der Waals surface area contributed by atoms with Gasteiger partial charge < -0.3 is 10.0 Å². The van der Waals surface area contributed by atoms with Crippen molar-refractivity contribution in [3.8, 4) is 9.88 Å². The second-order valence-electron chi connectivity index (χ2n) is 4.41. The van der Waals surface area contributed by atoms with Crippen LogP contribution in [-0.2, 0) is 4.79 Å². The number of nitrogens with zero attached hydrogens (tertiary/aromatic N) is 2. The molecule has 2 rings (SSSR count). The Balaban J connectivity index is 2.18. The highest BCUT2D eigenvalue weighted by Gasteiger charge is 2.20. The standard InChI is InChI=1S/C13H13ClN2O3S2/c1-7-11(13(19)16(2)6-5-10(17)18)21-12(15-7)8-3-4-9(14)20-8/h3-4H,5-6H2,1-2H3,(H,17,18). The summed E-state index contributed by atoms with van der Waals surface area (Å²) in [5, 5.41) is 9.42. The molecule has 0 radical (unpaired) electrons.